The van der Waals surface area contributed by atoms with Crippen LogP contribution < -0.4 is 24.8 Å². The first-order chi connectivity index (χ1) is 13.3. The van der Waals surface area contributed by atoms with Crippen molar-refractivity contribution in [1.29, 1.82) is 0 Å². The number of amides is 2. The van der Waals surface area contributed by atoms with Crippen LogP contribution in [0, 0.1) is 0 Å². The van der Waals surface area contributed by atoms with Crippen molar-refractivity contribution in [3.63, 3.8) is 0 Å². The molecule has 9 heteroatoms. The maximum Gasteiger partial charge on any atom is 0.329 e. The van der Waals surface area contributed by atoms with Crippen LogP contribution in [0.2, 0.25) is 0 Å². The molecule has 1 aliphatic rings. The fourth-order valence-electron chi connectivity index (χ4n) is 2.43. The van der Waals surface area contributed by atoms with Gasteiger partial charge in [0.05, 0.1) is 21.3 Å². The number of esters is 1. The highest BCUT2D eigenvalue weighted by Gasteiger charge is 2.29. The summed E-state index contributed by atoms with van der Waals surface area (Å²) in [7, 11) is 4.33. The van der Waals surface area contributed by atoms with Gasteiger partial charge >= 0.3 is 5.97 Å². The molecule has 2 atom stereocenters. The summed E-state index contributed by atoms with van der Waals surface area (Å²) >= 11 is 0. The average molecular weight is 394 g/mol. The van der Waals surface area contributed by atoms with Gasteiger partial charge in [-0.25, -0.2) is 4.79 Å². The Bertz CT molecular complexity index is 721. The molecule has 1 saturated carbocycles. The van der Waals surface area contributed by atoms with Gasteiger partial charge in [0, 0.05) is 11.6 Å². The molecule has 0 radical (unpaired) electrons. The van der Waals surface area contributed by atoms with E-state index in [1.165, 1.54) is 47.3 Å². The zero-order valence-corrected chi connectivity index (χ0v) is 16.7. The highest BCUT2D eigenvalue weighted by molar-refractivity contribution is 5.98. The summed E-state index contributed by atoms with van der Waals surface area (Å²) < 4.78 is 20.8. The largest absolute Gasteiger partial charge is 0.493 e. The number of hydrogen-bond acceptors (Lipinski definition) is 7. The first-order valence-corrected chi connectivity index (χ1v) is 8.92. The SMILES string of the molecule is COc1cc(C(=O)N[C@@H](C)C(=O)O[C@@H](C)C(=O)NC2CC2)cc(OC)c1OC. The van der Waals surface area contributed by atoms with E-state index >= 15 is 0 Å². The Balaban J connectivity index is 2.00. The molecule has 1 aromatic rings. The number of hydrogen-bond donors (Lipinski definition) is 2. The number of benzene rings is 1. The van der Waals surface area contributed by atoms with E-state index in [4.69, 9.17) is 18.9 Å². The summed E-state index contributed by atoms with van der Waals surface area (Å²) in [6, 6.07) is 2.16. The second-order valence-corrected chi connectivity index (χ2v) is 6.47. The monoisotopic (exact) mass is 394 g/mol. The van der Waals surface area contributed by atoms with E-state index in [9.17, 15) is 14.4 Å². The average Bonchev–Trinajstić information content (AvgIpc) is 3.50. The Morgan fingerprint density at radius 3 is 2.04 bits per heavy atom. The third kappa shape index (κ3) is 5.28. The molecule has 0 unspecified atom stereocenters. The van der Waals surface area contributed by atoms with E-state index in [0.717, 1.165) is 12.8 Å². The lowest BCUT2D eigenvalue weighted by molar-refractivity contribution is -0.156. The summed E-state index contributed by atoms with van der Waals surface area (Å²) in [5.74, 6) is -0.610. The van der Waals surface area contributed by atoms with Crippen molar-refractivity contribution in [3.05, 3.63) is 17.7 Å². The highest BCUT2D eigenvalue weighted by atomic mass is 16.5. The van der Waals surface area contributed by atoms with Crippen LogP contribution in [0.5, 0.6) is 17.2 Å². The summed E-state index contributed by atoms with van der Waals surface area (Å²) in [6.07, 6.45) is 0.940. The smallest absolute Gasteiger partial charge is 0.329 e. The van der Waals surface area contributed by atoms with E-state index in [-0.39, 0.29) is 17.5 Å². The number of ether oxygens (including phenoxy) is 4. The van der Waals surface area contributed by atoms with Crippen LogP contribution >= 0.6 is 0 Å². The lowest BCUT2D eigenvalue weighted by Crippen LogP contribution is -2.43. The normalized spacial score (nSPS) is 15.0. The molecule has 1 aliphatic carbocycles. The van der Waals surface area contributed by atoms with E-state index in [2.05, 4.69) is 10.6 Å². The number of methoxy groups -OCH3 is 3. The first kappa shape index (κ1) is 21.3. The van der Waals surface area contributed by atoms with Gasteiger partial charge in [-0.2, -0.15) is 0 Å². The minimum Gasteiger partial charge on any atom is -0.493 e. The fourth-order valence-corrected chi connectivity index (χ4v) is 2.43. The molecule has 1 aromatic carbocycles. The molecule has 1 fully saturated rings. The van der Waals surface area contributed by atoms with Crippen molar-refractivity contribution < 1.29 is 33.3 Å². The minimum atomic E-state index is -0.956. The van der Waals surface area contributed by atoms with Gasteiger partial charge in [-0.05, 0) is 38.8 Å². The quantitative estimate of drug-likeness (QED) is 0.602. The van der Waals surface area contributed by atoms with Crippen molar-refractivity contribution in [3.8, 4) is 17.2 Å². The number of carbonyl (C=O) groups is 3. The molecule has 28 heavy (non-hydrogen) atoms. The third-order valence-corrected chi connectivity index (χ3v) is 4.21. The standard InChI is InChI=1S/C19H26N2O7/c1-10(19(24)28-11(2)17(22)21-13-6-7-13)20-18(23)12-8-14(25-3)16(27-5)15(9-12)26-4/h8-11,13H,6-7H2,1-5H3,(H,20,23)(H,21,22)/t10-,11-/m0/s1. The lowest BCUT2D eigenvalue weighted by atomic mass is 10.1. The fraction of sp³-hybridized carbons (Fsp3) is 0.526. The van der Waals surface area contributed by atoms with Crippen LogP contribution in [0.15, 0.2) is 12.1 Å². The Morgan fingerprint density at radius 2 is 1.57 bits per heavy atom. The Hall–Kier alpha value is -2.97. The maximum absolute atomic E-state index is 12.5. The van der Waals surface area contributed by atoms with Crippen LogP contribution in [0.4, 0.5) is 0 Å². The number of nitrogens with one attached hydrogen (secondary N) is 2. The molecule has 0 aliphatic heterocycles. The zero-order valence-electron chi connectivity index (χ0n) is 16.7. The van der Waals surface area contributed by atoms with Crippen LogP contribution in [0.3, 0.4) is 0 Å². The summed E-state index contributed by atoms with van der Waals surface area (Å²) in [4.78, 5) is 36.6. The Labute approximate surface area is 163 Å². The topological polar surface area (TPSA) is 112 Å². The number of rotatable bonds is 9. The van der Waals surface area contributed by atoms with Gasteiger partial charge in [-0.3, -0.25) is 9.59 Å². The van der Waals surface area contributed by atoms with Gasteiger partial charge in [0.1, 0.15) is 6.04 Å². The molecule has 0 spiro atoms. The minimum absolute atomic E-state index is 0.172. The molecule has 0 saturated heterocycles. The molecular weight excluding hydrogens is 368 g/mol. The van der Waals surface area contributed by atoms with Crippen molar-refractivity contribution in [2.75, 3.05) is 21.3 Å². The zero-order chi connectivity index (χ0) is 20.8. The predicted octanol–water partition coefficient (Wildman–Crippen LogP) is 1.04. The van der Waals surface area contributed by atoms with Crippen LogP contribution in [-0.4, -0.2) is 57.3 Å². The molecule has 2 amide bonds. The van der Waals surface area contributed by atoms with Crippen LogP contribution in [0.25, 0.3) is 0 Å². The second kappa shape index (κ2) is 9.29. The summed E-state index contributed by atoms with van der Waals surface area (Å²) in [5.41, 5.74) is 0.216. The first-order valence-electron chi connectivity index (χ1n) is 8.92. The molecule has 154 valence electrons. The van der Waals surface area contributed by atoms with E-state index in [0.29, 0.717) is 17.2 Å². The predicted molar refractivity (Wildman–Crippen MR) is 99.7 cm³/mol. The Morgan fingerprint density at radius 1 is 1.00 bits per heavy atom. The van der Waals surface area contributed by atoms with Gasteiger partial charge in [-0.1, -0.05) is 0 Å². The van der Waals surface area contributed by atoms with E-state index < -0.39 is 24.0 Å². The molecule has 2 N–H and O–H groups in total. The molecule has 0 aromatic heterocycles. The van der Waals surface area contributed by atoms with Crippen LogP contribution in [-0.2, 0) is 14.3 Å². The van der Waals surface area contributed by atoms with E-state index in [1.807, 2.05) is 0 Å². The molecule has 9 nitrogen and oxygen atoms in total. The van der Waals surface area contributed by atoms with Crippen molar-refractivity contribution in [2.24, 2.45) is 0 Å². The van der Waals surface area contributed by atoms with E-state index in [1.54, 1.807) is 0 Å². The Kier molecular flexibility index (Phi) is 7.08. The van der Waals surface area contributed by atoms with Gasteiger partial charge in [0.15, 0.2) is 17.6 Å². The second-order valence-electron chi connectivity index (χ2n) is 6.47. The maximum atomic E-state index is 12.5. The van der Waals surface area contributed by atoms with Crippen molar-refractivity contribution in [1.82, 2.24) is 10.6 Å². The molecule has 2 rings (SSSR count). The van der Waals surface area contributed by atoms with Crippen molar-refractivity contribution >= 4 is 17.8 Å². The third-order valence-electron chi connectivity index (χ3n) is 4.21. The molecular formula is C19H26N2O7. The summed E-state index contributed by atoms with van der Waals surface area (Å²) in [6.45, 7) is 2.97. The number of carbonyl (C=O) groups excluding carboxylic acids is 3. The van der Waals surface area contributed by atoms with Crippen molar-refractivity contribution in [2.45, 2.75) is 44.9 Å². The summed E-state index contributed by atoms with van der Waals surface area (Å²) in [5, 5.41) is 5.29. The van der Waals surface area contributed by atoms with Crippen LogP contribution in [0.1, 0.15) is 37.0 Å². The molecule has 0 heterocycles. The van der Waals surface area contributed by atoms with Gasteiger partial charge < -0.3 is 29.6 Å². The van der Waals surface area contributed by atoms with Gasteiger partial charge in [-0.15, -0.1) is 0 Å². The molecule has 0 bridgehead atoms. The van der Waals surface area contributed by atoms with Gasteiger partial charge in [0.25, 0.3) is 11.8 Å². The van der Waals surface area contributed by atoms with Gasteiger partial charge in [0.2, 0.25) is 5.75 Å². The lowest BCUT2D eigenvalue weighted by Gasteiger charge is -2.18. The highest BCUT2D eigenvalue weighted by Crippen LogP contribution is 2.38.